The first-order valence-corrected chi connectivity index (χ1v) is 8.04. The van der Waals surface area contributed by atoms with E-state index in [1.165, 1.54) is 9.25 Å². The molecule has 0 saturated carbocycles. The number of carbonyl (C=O) groups is 1. The summed E-state index contributed by atoms with van der Waals surface area (Å²) in [5.41, 5.74) is 8.68. The van der Waals surface area contributed by atoms with Gasteiger partial charge in [-0.2, -0.15) is 5.10 Å². The minimum atomic E-state index is -0.776. The number of aromatic nitrogens is 3. The summed E-state index contributed by atoms with van der Waals surface area (Å²) in [5.74, 6) is -0.776. The molecular formula is C18H17N5OS. The minimum Gasteiger partial charge on any atom is -0.364 e. The molecule has 3 rings (SSSR count). The Morgan fingerprint density at radius 3 is 1.96 bits per heavy atom. The summed E-state index contributed by atoms with van der Waals surface area (Å²) in [7, 11) is 0. The van der Waals surface area contributed by atoms with Gasteiger partial charge in [0.05, 0.1) is 5.69 Å². The Balaban J connectivity index is 2.36. The average Bonchev–Trinajstić information content (AvgIpc) is 2.57. The van der Waals surface area contributed by atoms with Gasteiger partial charge in [-0.15, -0.1) is 0 Å². The van der Waals surface area contributed by atoms with Gasteiger partial charge in [0, 0.05) is 5.69 Å². The lowest BCUT2D eigenvalue weighted by atomic mass is 10.2. The van der Waals surface area contributed by atoms with Gasteiger partial charge in [-0.1, -0.05) is 35.4 Å². The van der Waals surface area contributed by atoms with Gasteiger partial charge in [0.15, 0.2) is 11.2 Å². The maximum absolute atomic E-state index is 11.8. The highest BCUT2D eigenvalue weighted by Crippen LogP contribution is 2.12. The zero-order valence-corrected chi connectivity index (χ0v) is 14.7. The largest absolute Gasteiger partial charge is 0.364 e. The summed E-state index contributed by atoms with van der Waals surface area (Å²) in [5, 5.41) is 12.5. The average molecular weight is 351 g/mol. The molecular weight excluding hydrogens is 334 g/mol. The van der Waals surface area contributed by atoms with Crippen LogP contribution in [0.1, 0.15) is 21.6 Å². The molecule has 7 heteroatoms. The van der Waals surface area contributed by atoms with Crippen LogP contribution in [0.2, 0.25) is 0 Å². The number of aryl methyl sites for hydroxylation is 2. The van der Waals surface area contributed by atoms with E-state index in [9.17, 15) is 4.79 Å². The predicted octanol–water partition coefficient (Wildman–Crippen LogP) is 2.59. The minimum absolute atomic E-state index is 0.135. The number of primary amides is 1. The molecule has 0 fully saturated rings. The van der Waals surface area contributed by atoms with E-state index in [1.54, 1.807) is 0 Å². The molecule has 1 heterocycles. The van der Waals surface area contributed by atoms with Crippen LogP contribution < -0.4 is 11.2 Å². The van der Waals surface area contributed by atoms with Crippen molar-refractivity contribution >= 4 is 18.1 Å². The van der Waals surface area contributed by atoms with E-state index in [4.69, 9.17) is 23.4 Å². The number of hydrogen-bond donors (Lipinski definition) is 2. The van der Waals surface area contributed by atoms with Crippen LogP contribution in [0.5, 0.6) is 0 Å². The molecule has 0 radical (unpaired) electrons. The SMILES string of the molecule is Cc1ccc(-n2nc(C(N)=O)c(=N)n(-c3ccc(C)cc3)c2=S)cc1. The molecule has 1 aromatic heterocycles. The lowest BCUT2D eigenvalue weighted by Crippen LogP contribution is -2.34. The van der Waals surface area contributed by atoms with Gasteiger partial charge in [0.25, 0.3) is 5.91 Å². The van der Waals surface area contributed by atoms with Gasteiger partial charge >= 0.3 is 0 Å². The highest BCUT2D eigenvalue weighted by Gasteiger charge is 2.15. The quantitative estimate of drug-likeness (QED) is 0.711. The second kappa shape index (κ2) is 6.45. The summed E-state index contributed by atoms with van der Waals surface area (Å²) in [4.78, 5) is 11.8. The lowest BCUT2D eigenvalue weighted by Gasteiger charge is -2.14. The Kier molecular flexibility index (Phi) is 4.33. The van der Waals surface area contributed by atoms with Crippen molar-refractivity contribution in [1.82, 2.24) is 14.3 Å². The van der Waals surface area contributed by atoms with E-state index in [1.807, 2.05) is 62.4 Å². The molecule has 0 spiro atoms. The molecule has 3 aromatic rings. The van der Waals surface area contributed by atoms with Gasteiger partial charge in [-0.3, -0.25) is 14.8 Å². The van der Waals surface area contributed by atoms with E-state index in [-0.39, 0.29) is 16.0 Å². The highest BCUT2D eigenvalue weighted by atomic mass is 32.1. The van der Waals surface area contributed by atoms with Gasteiger partial charge in [-0.05, 0) is 50.3 Å². The normalized spacial score (nSPS) is 10.6. The molecule has 0 atom stereocenters. The van der Waals surface area contributed by atoms with Crippen molar-refractivity contribution in [3.8, 4) is 11.4 Å². The van der Waals surface area contributed by atoms with E-state index in [0.717, 1.165) is 11.1 Å². The van der Waals surface area contributed by atoms with Crippen LogP contribution in [0.3, 0.4) is 0 Å². The molecule has 0 saturated heterocycles. The second-order valence-electron chi connectivity index (χ2n) is 5.76. The van der Waals surface area contributed by atoms with E-state index in [0.29, 0.717) is 11.4 Å². The standard InChI is InChI=1S/C18H17N5OS/c1-11-3-7-13(8-4-11)22-16(19)15(17(20)24)21-23(18(22)25)14-9-5-12(2)6-10-14/h3-10,19H,1-2H3,(H2,20,24). The third-order valence-electron chi connectivity index (χ3n) is 3.82. The molecule has 0 aliphatic carbocycles. The van der Waals surface area contributed by atoms with Crippen molar-refractivity contribution in [1.29, 1.82) is 5.41 Å². The molecule has 6 nitrogen and oxygen atoms in total. The highest BCUT2D eigenvalue weighted by molar-refractivity contribution is 7.71. The number of rotatable bonds is 3. The molecule has 0 unspecified atom stereocenters. The number of carbonyl (C=O) groups excluding carboxylic acids is 1. The first kappa shape index (κ1) is 16.8. The molecule has 3 N–H and O–H groups in total. The van der Waals surface area contributed by atoms with Crippen LogP contribution in [-0.2, 0) is 0 Å². The van der Waals surface area contributed by atoms with Crippen LogP contribution in [0.15, 0.2) is 48.5 Å². The first-order valence-electron chi connectivity index (χ1n) is 7.63. The second-order valence-corrected chi connectivity index (χ2v) is 6.13. The fraction of sp³-hybridized carbons (Fsp3) is 0.111. The third-order valence-corrected chi connectivity index (χ3v) is 4.18. The zero-order chi connectivity index (χ0) is 18.1. The monoisotopic (exact) mass is 351 g/mol. The van der Waals surface area contributed by atoms with Crippen molar-refractivity contribution in [2.24, 2.45) is 5.73 Å². The van der Waals surface area contributed by atoms with Crippen LogP contribution in [0, 0.1) is 24.0 Å². The van der Waals surface area contributed by atoms with E-state index < -0.39 is 5.91 Å². The van der Waals surface area contributed by atoms with Gasteiger partial charge in [-0.25, -0.2) is 4.68 Å². The number of nitrogens with two attached hydrogens (primary N) is 1. The number of benzene rings is 2. The van der Waals surface area contributed by atoms with E-state index >= 15 is 0 Å². The zero-order valence-electron chi connectivity index (χ0n) is 13.9. The summed E-state index contributed by atoms with van der Waals surface area (Å²) in [6.45, 7) is 3.95. The summed E-state index contributed by atoms with van der Waals surface area (Å²) < 4.78 is 3.22. The Bertz CT molecular complexity index is 1060. The van der Waals surface area contributed by atoms with Crippen molar-refractivity contribution in [2.45, 2.75) is 13.8 Å². The first-order chi connectivity index (χ1) is 11.9. The summed E-state index contributed by atoms with van der Waals surface area (Å²) in [6, 6.07) is 15.1. The molecule has 2 aromatic carbocycles. The number of nitrogens with zero attached hydrogens (tertiary/aromatic N) is 3. The summed E-state index contributed by atoms with van der Waals surface area (Å²) >= 11 is 5.55. The number of nitrogens with one attached hydrogen (secondary N) is 1. The van der Waals surface area contributed by atoms with Crippen molar-refractivity contribution < 1.29 is 4.79 Å². The molecule has 0 bridgehead atoms. The third kappa shape index (κ3) is 3.14. The molecule has 0 aliphatic heterocycles. The Morgan fingerprint density at radius 1 is 1.00 bits per heavy atom. The Morgan fingerprint density at radius 2 is 1.48 bits per heavy atom. The fourth-order valence-electron chi connectivity index (χ4n) is 2.44. The topological polar surface area (TPSA) is 89.7 Å². The maximum atomic E-state index is 11.8. The number of hydrogen-bond acceptors (Lipinski definition) is 4. The van der Waals surface area contributed by atoms with Crippen molar-refractivity contribution in [3.05, 3.63) is 75.6 Å². The summed E-state index contributed by atoms with van der Waals surface area (Å²) in [6.07, 6.45) is 0. The number of amides is 1. The maximum Gasteiger partial charge on any atom is 0.273 e. The molecule has 25 heavy (non-hydrogen) atoms. The molecule has 0 aliphatic rings. The smallest absolute Gasteiger partial charge is 0.273 e. The Hall–Kier alpha value is -3.06. The van der Waals surface area contributed by atoms with E-state index in [2.05, 4.69) is 5.10 Å². The molecule has 126 valence electrons. The van der Waals surface area contributed by atoms with Crippen molar-refractivity contribution in [2.75, 3.05) is 0 Å². The van der Waals surface area contributed by atoms with Gasteiger partial charge in [0.2, 0.25) is 4.77 Å². The lowest BCUT2D eigenvalue weighted by molar-refractivity contribution is 0.0991. The van der Waals surface area contributed by atoms with Crippen molar-refractivity contribution in [3.63, 3.8) is 0 Å². The van der Waals surface area contributed by atoms with Crippen LogP contribution in [0.4, 0.5) is 0 Å². The van der Waals surface area contributed by atoms with Crippen LogP contribution in [-0.4, -0.2) is 20.3 Å². The van der Waals surface area contributed by atoms with Gasteiger partial charge in [0.1, 0.15) is 0 Å². The molecule has 1 amide bonds. The van der Waals surface area contributed by atoms with Crippen LogP contribution >= 0.6 is 12.2 Å². The van der Waals surface area contributed by atoms with Gasteiger partial charge < -0.3 is 5.73 Å². The van der Waals surface area contributed by atoms with Crippen LogP contribution in [0.25, 0.3) is 11.4 Å². The Labute approximate surface area is 149 Å². The fourth-order valence-corrected chi connectivity index (χ4v) is 2.78. The predicted molar refractivity (Wildman–Crippen MR) is 97.6 cm³/mol.